The van der Waals surface area contributed by atoms with Gasteiger partial charge in [-0.1, -0.05) is 36.5 Å². The molecule has 0 radical (unpaired) electrons. The van der Waals surface area contributed by atoms with E-state index in [-0.39, 0.29) is 26.7 Å². The molecule has 1 N–H and O–H groups in total. The minimum atomic E-state index is -3.81. The van der Waals surface area contributed by atoms with E-state index in [0.29, 0.717) is 19.3 Å². The maximum absolute atomic E-state index is 12.6. The number of carbonyl (C=O) groups is 1. The second-order valence-electron chi connectivity index (χ2n) is 5.11. The van der Waals surface area contributed by atoms with Gasteiger partial charge in [0, 0.05) is 13.1 Å². The van der Waals surface area contributed by atoms with E-state index in [2.05, 4.69) is 0 Å². The Morgan fingerprint density at radius 2 is 2.19 bits per heavy atom. The summed E-state index contributed by atoms with van der Waals surface area (Å²) in [7, 11) is -3.81. The third-order valence-corrected chi connectivity index (χ3v) is 7.34. The van der Waals surface area contributed by atoms with Gasteiger partial charge in [-0.3, -0.25) is 4.79 Å². The van der Waals surface area contributed by atoms with Crippen LogP contribution in [-0.2, 0) is 14.8 Å². The maximum Gasteiger partial charge on any atom is 0.311 e. The average molecular weight is 372 g/mol. The lowest BCUT2D eigenvalue weighted by molar-refractivity contribution is -0.148. The molecule has 0 aromatic carbocycles. The number of hydrogen-bond donors (Lipinski definition) is 1. The minimum Gasteiger partial charge on any atom is -0.481 e. The second-order valence-corrected chi connectivity index (χ2v) is 9.30. The Balaban J connectivity index is 2.32. The van der Waals surface area contributed by atoms with Gasteiger partial charge in [0.1, 0.15) is 9.23 Å². The highest BCUT2D eigenvalue weighted by atomic mass is 35.5. The Kier molecular flexibility index (Phi) is 4.90. The zero-order valence-electron chi connectivity index (χ0n) is 11.3. The quantitative estimate of drug-likeness (QED) is 0.861. The molecule has 0 saturated carbocycles. The number of aliphatic carboxylic acids is 1. The summed E-state index contributed by atoms with van der Waals surface area (Å²) in [4.78, 5) is 11.5. The number of thiophene rings is 1. The first kappa shape index (κ1) is 17.0. The molecule has 0 spiro atoms. The van der Waals surface area contributed by atoms with Gasteiger partial charge in [0.05, 0.1) is 9.75 Å². The number of hydrogen-bond acceptors (Lipinski definition) is 4. The molecule has 1 aromatic rings. The first-order valence-electron chi connectivity index (χ1n) is 6.41. The molecule has 1 aliphatic heterocycles. The van der Waals surface area contributed by atoms with Crippen LogP contribution in [0.25, 0.3) is 0 Å². The number of carboxylic acid groups (broad SMARTS) is 1. The number of nitrogens with zero attached hydrogens (tertiary/aromatic N) is 1. The van der Waals surface area contributed by atoms with Crippen molar-refractivity contribution in [3.05, 3.63) is 14.7 Å². The molecule has 21 heavy (non-hydrogen) atoms. The van der Waals surface area contributed by atoms with Crippen LogP contribution >= 0.6 is 34.5 Å². The Morgan fingerprint density at radius 1 is 1.52 bits per heavy atom. The fourth-order valence-electron chi connectivity index (χ4n) is 2.64. The predicted molar refractivity (Wildman–Crippen MR) is 82.7 cm³/mol. The van der Waals surface area contributed by atoms with E-state index in [9.17, 15) is 18.3 Å². The smallest absolute Gasteiger partial charge is 0.311 e. The highest BCUT2D eigenvalue weighted by Gasteiger charge is 2.48. The lowest BCUT2D eigenvalue weighted by atomic mass is 9.83. The lowest BCUT2D eigenvalue weighted by Crippen LogP contribution is -2.36. The molecule has 1 unspecified atom stereocenters. The van der Waals surface area contributed by atoms with Crippen LogP contribution in [0, 0.1) is 5.41 Å². The Bertz CT molecular complexity index is 658. The summed E-state index contributed by atoms with van der Waals surface area (Å²) in [6, 6.07) is 1.31. The van der Waals surface area contributed by atoms with Crippen LogP contribution in [0.15, 0.2) is 11.0 Å². The standard InChI is InChI=1S/C12H15Cl2NO4S2/c1-2-3-12(11(16)17)4-5-15(7-12)21(18,19)8-6-9(13)20-10(8)14/h6H,2-5,7H2,1H3,(H,16,17). The minimum absolute atomic E-state index is 0.0255. The molecule has 2 heterocycles. The van der Waals surface area contributed by atoms with Gasteiger partial charge in [0.15, 0.2) is 0 Å². The first-order chi connectivity index (χ1) is 9.73. The van der Waals surface area contributed by atoms with E-state index in [1.807, 2.05) is 6.92 Å². The molecule has 1 atom stereocenters. The van der Waals surface area contributed by atoms with Gasteiger partial charge in [-0.25, -0.2) is 8.42 Å². The SMILES string of the molecule is CCCC1(C(=O)O)CCN(S(=O)(=O)c2cc(Cl)sc2Cl)C1. The zero-order chi connectivity index (χ0) is 15.8. The van der Waals surface area contributed by atoms with Crippen molar-refractivity contribution in [2.24, 2.45) is 5.41 Å². The van der Waals surface area contributed by atoms with Crippen molar-refractivity contribution in [2.75, 3.05) is 13.1 Å². The van der Waals surface area contributed by atoms with Gasteiger partial charge in [0.2, 0.25) is 10.0 Å². The van der Waals surface area contributed by atoms with Crippen LogP contribution in [0.1, 0.15) is 26.2 Å². The van der Waals surface area contributed by atoms with E-state index in [1.165, 1.54) is 10.4 Å². The second kappa shape index (κ2) is 6.04. The molecule has 1 saturated heterocycles. The van der Waals surface area contributed by atoms with Gasteiger partial charge in [-0.05, 0) is 18.9 Å². The Labute approximate surface area is 137 Å². The fourth-order valence-corrected chi connectivity index (χ4v) is 6.28. The van der Waals surface area contributed by atoms with Crippen LogP contribution in [0.3, 0.4) is 0 Å². The molecule has 1 aromatic heterocycles. The largest absolute Gasteiger partial charge is 0.481 e. The van der Waals surface area contributed by atoms with Crippen molar-refractivity contribution in [1.29, 1.82) is 0 Å². The van der Waals surface area contributed by atoms with E-state index < -0.39 is 21.4 Å². The summed E-state index contributed by atoms with van der Waals surface area (Å²) >= 11 is 12.7. The third-order valence-electron chi connectivity index (χ3n) is 3.74. The first-order valence-corrected chi connectivity index (χ1v) is 9.42. The summed E-state index contributed by atoms with van der Waals surface area (Å²) < 4.78 is 26.7. The van der Waals surface area contributed by atoms with Crippen LogP contribution < -0.4 is 0 Å². The van der Waals surface area contributed by atoms with Gasteiger partial charge in [-0.15, -0.1) is 11.3 Å². The molecule has 1 aliphatic rings. The molecular weight excluding hydrogens is 357 g/mol. The predicted octanol–water partition coefficient (Wildman–Crippen LogP) is 3.32. The van der Waals surface area contributed by atoms with E-state index in [0.717, 1.165) is 11.3 Å². The zero-order valence-corrected chi connectivity index (χ0v) is 14.4. The van der Waals surface area contributed by atoms with Gasteiger partial charge >= 0.3 is 5.97 Å². The molecule has 9 heteroatoms. The molecule has 0 amide bonds. The van der Waals surface area contributed by atoms with Crippen LogP contribution in [0.4, 0.5) is 0 Å². The van der Waals surface area contributed by atoms with Crippen molar-refractivity contribution < 1.29 is 18.3 Å². The molecule has 0 aliphatic carbocycles. The van der Waals surface area contributed by atoms with Crippen molar-refractivity contribution in [1.82, 2.24) is 4.31 Å². The van der Waals surface area contributed by atoms with Crippen molar-refractivity contribution in [3.63, 3.8) is 0 Å². The topological polar surface area (TPSA) is 74.7 Å². The summed E-state index contributed by atoms with van der Waals surface area (Å²) in [5.41, 5.74) is -1.01. The van der Waals surface area contributed by atoms with Gasteiger partial charge < -0.3 is 5.11 Å². The number of halogens is 2. The molecule has 1 fully saturated rings. The van der Waals surface area contributed by atoms with E-state index in [1.54, 1.807) is 0 Å². The number of sulfonamides is 1. The summed E-state index contributed by atoms with van der Waals surface area (Å²) in [6.07, 6.45) is 1.45. The normalized spacial score (nSPS) is 23.6. The Hall–Kier alpha value is -0.340. The van der Waals surface area contributed by atoms with E-state index >= 15 is 0 Å². The van der Waals surface area contributed by atoms with Crippen LogP contribution in [0.5, 0.6) is 0 Å². The highest BCUT2D eigenvalue weighted by molar-refractivity contribution is 7.89. The van der Waals surface area contributed by atoms with Crippen LogP contribution in [0.2, 0.25) is 8.67 Å². The average Bonchev–Trinajstić information content (AvgIpc) is 2.95. The van der Waals surface area contributed by atoms with Crippen molar-refractivity contribution in [3.8, 4) is 0 Å². The van der Waals surface area contributed by atoms with Crippen LogP contribution in [-0.4, -0.2) is 36.9 Å². The third kappa shape index (κ3) is 3.07. The summed E-state index contributed by atoms with van der Waals surface area (Å²) in [5, 5.41) is 9.44. The highest BCUT2D eigenvalue weighted by Crippen LogP contribution is 2.41. The van der Waals surface area contributed by atoms with E-state index in [4.69, 9.17) is 23.2 Å². The van der Waals surface area contributed by atoms with Gasteiger partial charge in [-0.2, -0.15) is 4.31 Å². The molecular formula is C12H15Cl2NO4S2. The maximum atomic E-state index is 12.6. The molecule has 0 bridgehead atoms. The Morgan fingerprint density at radius 3 is 2.67 bits per heavy atom. The summed E-state index contributed by atoms with van der Waals surface area (Å²) in [5.74, 6) is -0.948. The molecule has 5 nitrogen and oxygen atoms in total. The fraction of sp³-hybridized carbons (Fsp3) is 0.583. The number of rotatable bonds is 5. The lowest BCUT2D eigenvalue weighted by Gasteiger charge is -2.24. The van der Waals surface area contributed by atoms with Gasteiger partial charge in [0.25, 0.3) is 0 Å². The van der Waals surface area contributed by atoms with Crippen molar-refractivity contribution >= 4 is 50.5 Å². The molecule has 118 valence electrons. The number of carboxylic acids is 1. The monoisotopic (exact) mass is 371 g/mol. The molecule has 2 rings (SSSR count). The van der Waals surface area contributed by atoms with Crippen molar-refractivity contribution in [2.45, 2.75) is 31.1 Å². The summed E-state index contributed by atoms with van der Waals surface area (Å²) in [6.45, 7) is 2.04.